The molecule has 9 heteroatoms. The molecule has 0 aliphatic rings. The van der Waals surface area contributed by atoms with Crippen LogP contribution in [-0.2, 0) is 5.75 Å². The van der Waals surface area contributed by atoms with E-state index in [0.29, 0.717) is 33.0 Å². The maximum absolute atomic E-state index is 13.4. The van der Waals surface area contributed by atoms with E-state index in [2.05, 4.69) is 10.3 Å². The van der Waals surface area contributed by atoms with Crippen LogP contribution in [0.3, 0.4) is 0 Å². The minimum atomic E-state index is -0.399. The fraction of sp³-hybridized carbons (Fsp3) is 0.174. The molecule has 6 nitrogen and oxygen atoms in total. The zero-order chi connectivity index (χ0) is 22.5. The molecule has 4 aromatic rings. The van der Waals surface area contributed by atoms with Crippen LogP contribution >= 0.6 is 23.1 Å². The first kappa shape index (κ1) is 22.0. The number of fused-ring (bicyclic) bond motifs is 1. The summed E-state index contributed by atoms with van der Waals surface area (Å²) in [7, 11) is 1.64. The van der Waals surface area contributed by atoms with Crippen LogP contribution in [0.5, 0.6) is 5.75 Å². The molecular weight excluding hydrogens is 449 g/mol. The van der Waals surface area contributed by atoms with E-state index >= 15 is 0 Å². The average molecular weight is 470 g/mol. The van der Waals surface area contributed by atoms with Crippen molar-refractivity contribution in [3.05, 3.63) is 82.2 Å². The number of nitro benzene ring substituents is 1. The van der Waals surface area contributed by atoms with Gasteiger partial charge in [-0.2, -0.15) is 11.8 Å². The molecule has 1 aromatic heterocycles. The fourth-order valence-electron chi connectivity index (χ4n) is 3.16. The van der Waals surface area contributed by atoms with Crippen molar-refractivity contribution in [1.82, 2.24) is 4.98 Å². The number of rotatable bonds is 9. The van der Waals surface area contributed by atoms with Crippen LogP contribution in [-0.4, -0.2) is 29.3 Å². The van der Waals surface area contributed by atoms with Crippen LogP contribution in [0.4, 0.5) is 15.8 Å². The van der Waals surface area contributed by atoms with Crippen molar-refractivity contribution in [2.24, 2.45) is 0 Å². The average Bonchev–Trinajstić information content (AvgIpc) is 3.22. The summed E-state index contributed by atoms with van der Waals surface area (Å²) in [5.74, 6) is 2.15. The third kappa shape index (κ3) is 5.17. The van der Waals surface area contributed by atoms with Crippen molar-refractivity contribution >= 4 is 44.7 Å². The highest BCUT2D eigenvalue weighted by molar-refractivity contribution is 7.98. The summed E-state index contributed by atoms with van der Waals surface area (Å²) >= 11 is 3.05. The summed E-state index contributed by atoms with van der Waals surface area (Å²) in [4.78, 5) is 15.7. The van der Waals surface area contributed by atoms with Gasteiger partial charge in [0.25, 0.3) is 5.69 Å². The van der Waals surface area contributed by atoms with Gasteiger partial charge in [0.15, 0.2) is 0 Å². The van der Waals surface area contributed by atoms with Gasteiger partial charge < -0.3 is 10.1 Å². The first-order valence-electron chi connectivity index (χ1n) is 9.83. The van der Waals surface area contributed by atoms with E-state index in [1.54, 1.807) is 37.1 Å². The van der Waals surface area contributed by atoms with Gasteiger partial charge in [-0.1, -0.05) is 12.1 Å². The second-order valence-corrected chi connectivity index (χ2v) is 9.08. The van der Waals surface area contributed by atoms with Crippen molar-refractivity contribution in [3.8, 4) is 16.3 Å². The molecule has 0 bridgehead atoms. The number of aromatic nitrogens is 1. The molecule has 1 N–H and O–H groups in total. The van der Waals surface area contributed by atoms with Crippen molar-refractivity contribution in [3.63, 3.8) is 0 Å². The number of halogens is 1. The first-order chi connectivity index (χ1) is 15.5. The zero-order valence-electron chi connectivity index (χ0n) is 17.2. The van der Waals surface area contributed by atoms with E-state index in [1.807, 2.05) is 24.3 Å². The molecule has 0 saturated carbocycles. The van der Waals surface area contributed by atoms with Crippen molar-refractivity contribution in [1.29, 1.82) is 0 Å². The third-order valence-electron chi connectivity index (χ3n) is 4.78. The molecule has 1 heterocycles. The molecule has 0 fully saturated rings. The van der Waals surface area contributed by atoms with Crippen molar-refractivity contribution < 1.29 is 14.1 Å². The summed E-state index contributed by atoms with van der Waals surface area (Å²) < 4.78 is 19.3. The third-order valence-corrected chi connectivity index (χ3v) is 6.88. The Morgan fingerprint density at radius 3 is 2.72 bits per heavy atom. The van der Waals surface area contributed by atoms with Gasteiger partial charge in [0.05, 0.1) is 22.2 Å². The molecule has 4 rings (SSSR count). The van der Waals surface area contributed by atoms with Crippen molar-refractivity contribution in [2.45, 2.75) is 5.75 Å². The fourth-order valence-corrected chi connectivity index (χ4v) is 4.96. The number of methoxy groups -OCH3 is 1. The second-order valence-electron chi connectivity index (χ2n) is 6.95. The number of thiazole rings is 1. The lowest BCUT2D eigenvalue weighted by Gasteiger charge is -2.08. The van der Waals surface area contributed by atoms with Gasteiger partial charge in [0, 0.05) is 29.7 Å². The summed E-state index contributed by atoms with van der Waals surface area (Å²) in [5.41, 5.74) is 2.97. The van der Waals surface area contributed by atoms with E-state index in [4.69, 9.17) is 4.74 Å². The van der Waals surface area contributed by atoms with E-state index in [9.17, 15) is 14.5 Å². The molecule has 164 valence electrons. The van der Waals surface area contributed by atoms with Crippen LogP contribution in [0.2, 0.25) is 0 Å². The quantitative estimate of drug-likeness (QED) is 0.174. The molecule has 0 amide bonds. The molecule has 0 atom stereocenters. The Morgan fingerprint density at radius 2 is 1.97 bits per heavy atom. The zero-order valence-corrected chi connectivity index (χ0v) is 18.8. The van der Waals surface area contributed by atoms with E-state index in [1.165, 1.54) is 35.1 Å². The Bertz CT molecular complexity index is 1250. The molecule has 0 aliphatic heterocycles. The topological polar surface area (TPSA) is 77.3 Å². The molecule has 0 saturated heterocycles. The summed E-state index contributed by atoms with van der Waals surface area (Å²) in [6, 6.07) is 17.3. The number of hydrogen-bond donors (Lipinski definition) is 1. The van der Waals surface area contributed by atoms with E-state index in [0.717, 1.165) is 17.3 Å². The SMILES string of the molecule is COc1ccc(CSCCNc2ccc(-c3nc4ccc(F)cc4s3)cc2[N+](=O)[O-])cc1. The summed E-state index contributed by atoms with van der Waals surface area (Å²) in [5, 5.41) is 15.4. The van der Waals surface area contributed by atoms with Crippen LogP contribution in [0.25, 0.3) is 20.8 Å². The van der Waals surface area contributed by atoms with Crippen LogP contribution < -0.4 is 10.1 Å². The van der Waals surface area contributed by atoms with Crippen molar-refractivity contribution in [2.75, 3.05) is 24.7 Å². The van der Waals surface area contributed by atoms with Crippen LogP contribution in [0.15, 0.2) is 60.7 Å². The van der Waals surface area contributed by atoms with Gasteiger partial charge >= 0.3 is 0 Å². The summed E-state index contributed by atoms with van der Waals surface area (Å²) in [6.45, 7) is 0.599. The number of thioether (sulfide) groups is 1. The number of nitrogens with zero attached hydrogens (tertiary/aromatic N) is 2. The Morgan fingerprint density at radius 1 is 1.16 bits per heavy atom. The number of hydrogen-bond acceptors (Lipinski definition) is 7. The Balaban J connectivity index is 1.39. The monoisotopic (exact) mass is 469 g/mol. The number of nitro groups is 1. The van der Waals surface area contributed by atoms with Gasteiger partial charge in [-0.25, -0.2) is 9.37 Å². The predicted molar refractivity (Wildman–Crippen MR) is 129 cm³/mol. The standard InChI is InChI=1S/C23H20FN3O3S2/c1-30-18-6-2-15(3-7-18)14-31-11-10-25-19-8-4-16(12-21(19)27(28)29)23-26-20-9-5-17(24)13-22(20)32-23/h2-9,12-13,25H,10-11,14H2,1H3. The van der Waals surface area contributed by atoms with E-state index < -0.39 is 4.92 Å². The highest BCUT2D eigenvalue weighted by Crippen LogP contribution is 2.35. The lowest BCUT2D eigenvalue weighted by Crippen LogP contribution is -2.06. The maximum atomic E-state index is 13.4. The Kier molecular flexibility index (Phi) is 6.87. The normalized spacial score (nSPS) is 10.9. The lowest BCUT2D eigenvalue weighted by atomic mass is 10.2. The lowest BCUT2D eigenvalue weighted by molar-refractivity contribution is -0.383. The molecule has 3 aromatic carbocycles. The van der Waals surface area contributed by atoms with E-state index in [-0.39, 0.29) is 11.5 Å². The Labute approximate surface area is 192 Å². The molecule has 0 spiro atoms. The predicted octanol–water partition coefficient (Wildman–Crippen LogP) is 6.36. The maximum Gasteiger partial charge on any atom is 0.293 e. The molecule has 0 aliphatic carbocycles. The van der Waals surface area contributed by atoms with Crippen LogP contribution in [0.1, 0.15) is 5.56 Å². The molecule has 0 unspecified atom stereocenters. The minimum Gasteiger partial charge on any atom is -0.497 e. The molecule has 32 heavy (non-hydrogen) atoms. The highest BCUT2D eigenvalue weighted by atomic mass is 32.2. The van der Waals surface area contributed by atoms with Crippen LogP contribution in [0, 0.1) is 15.9 Å². The largest absolute Gasteiger partial charge is 0.497 e. The Hall–Kier alpha value is -3.17. The smallest absolute Gasteiger partial charge is 0.293 e. The van der Waals surface area contributed by atoms with Gasteiger partial charge in [-0.3, -0.25) is 10.1 Å². The number of anilines is 1. The molecular formula is C23H20FN3O3S2. The minimum absolute atomic E-state index is 0.00640. The summed E-state index contributed by atoms with van der Waals surface area (Å²) in [6.07, 6.45) is 0. The second kappa shape index (κ2) is 9.97. The number of benzene rings is 3. The van der Waals surface area contributed by atoms with Gasteiger partial charge in [0.2, 0.25) is 0 Å². The van der Waals surface area contributed by atoms with Gasteiger partial charge in [-0.05, 0) is 48.0 Å². The molecule has 0 radical (unpaired) electrons. The first-order valence-corrected chi connectivity index (χ1v) is 11.8. The number of nitrogens with one attached hydrogen (secondary N) is 1. The highest BCUT2D eigenvalue weighted by Gasteiger charge is 2.17. The number of ether oxygens (including phenoxy) is 1. The van der Waals surface area contributed by atoms with Gasteiger partial charge in [-0.15, -0.1) is 11.3 Å². The van der Waals surface area contributed by atoms with Gasteiger partial charge in [0.1, 0.15) is 22.3 Å².